The molecule has 14 heavy (non-hydrogen) atoms. The third-order valence-corrected chi connectivity index (χ3v) is 1.46. The van der Waals surface area contributed by atoms with Gasteiger partial charge in [0.05, 0.1) is 0 Å². The van der Waals surface area contributed by atoms with Gasteiger partial charge in [0.2, 0.25) is 0 Å². The van der Waals surface area contributed by atoms with Crippen molar-refractivity contribution in [3.63, 3.8) is 0 Å². The van der Waals surface area contributed by atoms with E-state index in [0.29, 0.717) is 11.7 Å². The number of carbonyl (C=O) groups excluding carboxylic acids is 1. The molecule has 0 atom stereocenters. The highest BCUT2D eigenvalue weighted by atomic mass is 16.2. The van der Waals surface area contributed by atoms with Crippen LogP contribution in [0.3, 0.4) is 0 Å². The van der Waals surface area contributed by atoms with Crippen molar-refractivity contribution in [3.8, 4) is 0 Å². The molecule has 0 spiro atoms. The Bertz CT molecular complexity index is 263. The lowest BCUT2D eigenvalue weighted by molar-refractivity contribution is 0.251. The zero-order valence-electron chi connectivity index (χ0n) is 8.96. The average molecular weight is 196 g/mol. The zero-order chi connectivity index (χ0) is 10.7. The molecule has 1 saturated heterocycles. The monoisotopic (exact) mass is 196 g/mol. The van der Waals surface area contributed by atoms with Crippen LogP contribution in [0.1, 0.15) is 27.7 Å². The van der Waals surface area contributed by atoms with E-state index in [1.807, 2.05) is 27.7 Å². The Balaban J connectivity index is 2.88. The Hall–Kier alpha value is -1.39. The maximum Gasteiger partial charge on any atom is 0.326 e. The van der Waals surface area contributed by atoms with E-state index in [-0.39, 0.29) is 18.1 Å². The Labute approximate surface area is 83.7 Å². The largest absolute Gasteiger partial charge is 0.326 e. The third-order valence-electron chi connectivity index (χ3n) is 1.46. The van der Waals surface area contributed by atoms with E-state index < -0.39 is 0 Å². The van der Waals surface area contributed by atoms with Crippen LogP contribution in [-0.2, 0) is 0 Å². The van der Waals surface area contributed by atoms with E-state index in [4.69, 9.17) is 0 Å². The van der Waals surface area contributed by atoms with Crippen molar-refractivity contribution in [2.24, 2.45) is 9.98 Å². The summed E-state index contributed by atoms with van der Waals surface area (Å²) in [4.78, 5) is 19.5. The molecule has 0 aliphatic carbocycles. The molecule has 0 unspecified atom stereocenters. The van der Waals surface area contributed by atoms with Gasteiger partial charge in [0.15, 0.2) is 11.7 Å². The molecule has 0 bridgehead atoms. The van der Waals surface area contributed by atoms with E-state index in [0.717, 1.165) is 0 Å². The molecular formula is C9H16N4O. The van der Waals surface area contributed by atoms with Crippen LogP contribution in [-0.4, -0.2) is 29.8 Å². The molecule has 2 N–H and O–H groups in total. The summed E-state index contributed by atoms with van der Waals surface area (Å²) in [7, 11) is 0. The summed E-state index contributed by atoms with van der Waals surface area (Å²) in [6.45, 7) is 7.80. The molecule has 0 aromatic carbocycles. The van der Waals surface area contributed by atoms with Crippen molar-refractivity contribution in [2.75, 3.05) is 0 Å². The van der Waals surface area contributed by atoms with Crippen LogP contribution in [0.5, 0.6) is 0 Å². The average Bonchev–Trinajstić information content (AvgIpc) is 2.28. The molecule has 5 nitrogen and oxygen atoms in total. The summed E-state index contributed by atoms with van der Waals surface area (Å²) in [5.74, 6) is 1.08. The third kappa shape index (κ3) is 2.83. The Morgan fingerprint density at radius 3 is 1.57 bits per heavy atom. The predicted octanol–water partition coefficient (Wildman–Crippen LogP) is 0.913. The minimum absolute atomic E-state index is 0.141. The van der Waals surface area contributed by atoms with Gasteiger partial charge in [0.25, 0.3) is 0 Å². The van der Waals surface area contributed by atoms with Crippen molar-refractivity contribution in [2.45, 2.75) is 39.8 Å². The van der Waals surface area contributed by atoms with Gasteiger partial charge in [-0.2, -0.15) is 0 Å². The number of hydrogen-bond acceptors (Lipinski definition) is 3. The van der Waals surface area contributed by atoms with Crippen LogP contribution in [0.2, 0.25) is 0 Å². The lowest BCUT2D eigenvalue weighted by Gasteiger charge is -2.02. The van der Waals surface area contributed by atoms with Crippen LogP contribution < -0.4 is 10.6 Å². The van der Waals surface area contributed by atoms with Gasteiger partial charge in [-0.25, -0.2) is 4.79 Å². The highest BCUT2D eigenvalue weighted by molar-refractivity contribution is 6.49. The van der Waals surface area contributed by atoms with Crippen molar-refractivity contribution < 1.29 is 4.79 Å². The minimum Gasteiger partial charge on any atom is -0.289 e. The van der Waals surface area contributed by atoms with Crippen molar-refractivity contribution >= 4 is 17.7 Å². The molecule has 1 heterocycles. The van der Waals surface area contributed by atoms with E-state index in [2.05, 4.69) is 20.6 Å². The first-order chi connectivity index (χ1) is 6.49. The molecule has 1 aliphatic heterocycles. The number of amides is 2. The molecule has 0 saturated carbocycles. The fourth-order valence-corrected chi connectivity index (χ4v) is 1.07. The van der Waals surface area contributed by atoms with Crippen LogP contribution in [0, 0.1) is 0 Å². The number of amidine groups is 2. The number of nitrogens with zero attached hydrogens (tertiary/aromatic N) is 2. The Kier molecular flexibility index (Phi) is 3.22. The molecular weight excluding hydrogens is 180 g/mol. The van der Waals surface area contributed by atoms with Crippen molar-refractivity contribution in [1.29, 1.82) is 0 Å². The van der Waals surface area contributed by atoms with Crippen LogP contribution in [0.15, 0.2) is 9.98 Å². The first-order valence-electron chi connectivity index (χ1n) is 4.73. The quantitative estimate of drug-likeness (QED) is 0.677. The summed E-state index contributed by atoms with van der Waals surface area (Å²) >= 11 is 0. The van der Waals surface area contributed by atoms with Crippen molar-refractivity contribution in [3.05, 3.63) is 0 Å². The second kappa shape index (κ2) is 4.21. The highest BCUT2D eigenvalue weighted by Gasteiger charge is 2.23. The first kappa shape index (κ1) is 10.7. The molecule has 0 radical (unpaired) electrons. The highest BCUT2D eigenvalue weighted by Crippen LogP contribution is 1.96. The second-order valence-corrected chi connectivity index (χ2v) is 3.72. The molecule has 1 aliphatic rings. The van der Waals surface area contributed by atoms with Crippen LogP contribution in [0.25, 0.3) is 0 Å². The standard InChI is InChI=1S/C9H16N4O/c1-5(2)10-7-8(11-6(3)4)13-9(14)12-7/h5-6H,1-4H3,(H2,10,11,12,13,14). The maximum absolute atomic E-state index is 11.0. The normalized spacial score (nSPS) is 22.3. The van der Waals surface area contributed by atoms with E-state index in [1.165, 1.54) is 0 Å². The molecule has 1 fully saturated rings. The topological polar surface area (TPSA) is 65.8 Å². The maximum atomic E-state index is 11.0. The van der Waals surface area contributed by atoms with Gasteiger partial charge in [-0.05, 0) is 27.7 Å². The number of nitrogens with one attached hydrogen (secondary N) is 2. The second-order valence-electron chi connectivity index (χ2n) is 3.72. The lowest BCUT2D eigenvalue weighted by Crippen LogP contribution is -2.24. The Morgan fingerprint density at radius 1 is 0.929 bits per heavy atom. The fourth-order valence-electron chi connectivity index (χ4n) is 1.07. The molecule has 78 valence electrons. The summed E-state index contributed by atoms with van der Waals surface area (Å²) in [6.07, 6.45) is 0. The van der Waals surface area contributed by atoms with E-state index in [1.54, 1.807) is 0 Å². The van der Waals surface area contributed by atoms with E-state index in [9.17, 15) is 4.79 Å². The predicted molar refractivity (Wildman–Crippen MR) is 56.8 cm³/mol. The number of hydrogen-bond donors (Lipinski definition) is 2. The van der Waals surface area contributed by atoms with E-state index >= 15 is 0 Å². The van der Waals surface area contributed by atoms with Gasteiger partial charge in [-0.3, -0.25) is 20.6 Å². The number of aliphatic imine (C=N–C) groups is 2. The van der Waals surface area contributed by atoms with Gasteiger partial charge in [0.1, 0.15) is 0 Å². The minimum atomic E-state index is -0.260. The lowest BCUT2D eigenvalue weighted by atomic mass is 10.4. The summed E-state index contributed by atoms with van der Waals surface area (Å²) in [6, 6.07) is 0.0222. The van der Waals surface area contributed by atoms with Gasteiger partial charge >= 0.3 is 6.03 Å². The Morgan fingerprint density at radius 2 is 1.29 bits per heavy atom. The van der Waals surface area contributed by atoms with Gasteiger partial charge in [-0.1, -0.05) is 0 Å². The zero-order valence-corrected chi connectivity index (χ0v) is 8.96. The van der Waals surface area contributed by atoms with Crippen LogP contribution in [0.4, 0.5) is 4.79 Å². The molecule has 2 amide bonds. The molecule has 0 aromatic rings. The first-order valence-corrected chi connectivity index (χ1v) is 4.73. The number of carbonyl (C=O) groups is 1. The number of urea groups is 1. The number of rotatable bonds is 2. The van der Waals surface area contributed by atoms with Gasteiger partial charge in [0, 0.05) is 12.1 Å². The fraction of sp³-hybridized carbons (Fsp3) is 0.667. The van der Waals surface area contributed by atoms with Gasteiger partial charge < -0.3 is 0 Å². The smallest absolute Gasteiger partial charge is 0.289 e. The summed E-state index contributed by atoms with van der Waals surface area (Å²) < 4.78 is 0. The van der Waals surface area contributed by atoms with Crippen LogP contribution >= 0.6 is 0 Å². The van der Waals surface area contributed by atoms with Gasteiger partial charge in [-0.15, -0.1) is 0 Å². The van der Waals surface area contributed by atoms with Crippen molar-refractivity contribution in [1.82, 2.24) is 10.6 Å². The molecule has 1 rings (SSSR count). The SMILES string of the molecule is CC(C)N=C1NC(=O)NC1=NC(C)C. The summed E-state index contributed by atoms with van der Waals surface area (Å²) in [5, 5.41) is 5.22. The molecule has 5 heteroatoms. The molecule has 0 aromatic heterocycles. The summed E-state index contributed by atoms with van der Waals surface area (Å²) in [5.41, 5.74) is 0.